The van der Waals surface area contributed by atoms with E-state index in [1.165, 1.54) is 24.4 Å². The number of pyridine rings is 1. The Hall–Kier alpha value is -4.38. The number of anilines is 1. The number of alkyl halides is 3. The highest BCUT2D eigenvalue weighted by atomic mass is 19.4. The first kappa shape index (κ1) is 31.6. The predicted octanol–water partition coefficient (Wildman–Crippen LogP) is 5.68. The number of hydrogen-bond acceptors (Lipinski definition) is 5. The van der Waals surface area contributed by atoms with Crippen molar-refractivity contribution in [2.75, 3.05) is 44.7 Å². The van der Waals surface area contributed by atoms with Crippen LogP contribution in [0, 0.1) is 5.82 Å². The fourth-order valence-electron chi connectivity index (χ4n) is 4.73. The molecule has 0 spiro atoms. The van der Waals surface area contributed by atoms with E-state index in [4.69, 9.17) is 10.6 Å². The number of hydrogen-bond donors (Lipinski definition) is 1. The first-order chi connectivity index (χ1) is 20.5. The quantitative estimate of drug-likeness (QED) is 0.0814. The van der Waals surface area contributed by atoms with E-state index >= 15 is 4.39 Å². The van der Waals surface area contributed by atoms with Crippen LogP contribution in [0.4, 0.5) is 23.2 Å². The molecule has 2 N–H and O–H groups in total. The van der Waals surface area contributed by atoms with Crippen LogP contribution in [0.3, 0.4) is 0 Å². The maximum Gasteiger partial charge on any atom is 0.416 e. The molecule has 4 rings (SSSR count). The summed E-state index contributed by atoms with van der Waals surface area (Å²) >= 11 is 0. The number of piperazine rings is 1. The van der Waals surface area contributed by atoms with Crippen LogP contribution >= 0.6 is 0 Å². The lowest BCUT2D eigenvalue weighted by atomic mass is 10.1. The maximum atomic E-state index is 15.5. The van der Waals surface area contributed by atoms with E-state index in [-0.39, 0.29) is 29.9 Å². The second-order valence-electron chi connectivity index (χ2n) is 10.4. The Balaban J connectivity index is 1.70. The maximum absolute atomic E-state index is 15.5. The average molecular weight is 598 g/mol. The van der Waals surface area contributed by atoms with Crippen LogP contribution in [0.25, 0.3) is 10.9 Å². The van der Waals surface area contributed by atoms with Crippen molar-refractivity contribution in [1.82, 2.24) is 9.47 Å². The van der Waals surface area contributed by atoms with E-state index in [2.05, 4.69) is 16.6 Å². The lowest BCUT2D eigenvalue weighted by Crippen LogP contribution is -2.44. The van der Waals surface area contributed by atoms with Gasteiger partial charge in [0.25, 0.3) is 0 Å². The summed E-state index contributed by atoms with van der Waals surface area (Å²) in [7, 11) is 1.99. The molecule has 1 saturated heterocycles. The lowest BCUT2D eigenvalue weighted by Gasteiger charge is -2.34. The van der Waals surface area contributed by atoms with Crippen LogP contribution in [0.2, 0.25) is 0 Å². The van der Waals surface area contributed by atoms with E-state index in [0.29, 0.717) is 36.3 Å². The Morgan fingerprint density at radius 3 is 2.47 bits per heavy atom. The molecule has 1 fully saturated rings. The number of nitrogens with two attached hydrogens (primary N) is 1. The zero-order valence-corrected chi connectivity index (χ0v) is 24.2. The summed E-state index contributed by atoms with van der Waals surface area (Å²) < 4.78 is 56.5. The van der Waals surface area contributed by atoms with Gasteiger partial charge in [0, 0.05) is 50.7 Å². The highest BCUT2D eigenvalue weighted by molar-refractivity contribution is 6.00. The molecule has 1 aliphatic heterocycles. The molecule has 0 radical (unpaired) electrons. The van der Waals surface area contributed by atoms with Gasteiger partial charge in [-0.3, -0.25) is 4.79 Å². The Morgan fingerprint density at radius 1 is 1.12 bits per heavy atom. The molecule has 3 aromatic rings. The number of fused-ring (bicyclic) bond motifs is 1. The molecule has 0 amide bonds. The van der Waals surface area contributed by atoms with Crippen LogP contribution in [0.15, 0.2) is 89.0 Å². The van der Waals surface area contributed by atoms with Gasteiger partial charge in [-0.25, -0.2) is 4.39 Å². The van der Waals surface area contributed by atoms with Crippen molar-refractivity contribution in [3.63, 3.8) is 0 Å². The third-order valence-electron chi connectivity index (χ3n) is 7.22. The number of oxime groups is 1. The molecule has 0 saturated carbocycles. The molecule has 0 atom stereocenters. The van der Waals surface area contributed by atoms with Gasteiger partial charge in [0.15, 0.2) is 5.84 Å². The molecule has 2 aromatic carbocycles. The molecule has 0 aliphatic carbocycles. The molecule has 228 valence electrons. The standard InChI is InChI=1S/C32H35F4N5O2/c1-4-5-6-7-22(2)12-17-43-38-31(37)26-21-41(20-23-8-10-24(11-9-23)32(34,35)36)28-19-29(27(33)18-25(28)30(26)42)40-15-13-39(3)14-16-40/h4-11,18-19,21H,2,12-17,20H2,1,3H3,(H2,37,38)/b5-4-,7-6-. The third-order valence-corrected chi connectivity index (χ3v) is 7.22. The molecule has 7 nitrogen and oxygen atoms in total. The number of amidine groups is 1. The molecule has 43 heavy (non-hydrogen) atoms. The van der Waals surface area contributed by atoms with Crippen molar-refractivity contribution in [2.45, 2.75) is 26.1 Å². The Bertz CT molecular complexity index is 1600. The summed E-state index contributed by atoms with van der Waals surface area (Å²) in [6.45, 7) is 8.81. The number of allylic oxidation sites excluding steroid dienone is 4. The van der Waals surface area contributed by atoms with Crippen LogP contribution in [-0.2, 0) is 17.6 Å². The minimum atomic E-state index is -4.47. The Morgan fingerprint density at radius 2 is 1.81 bits per heavy atom. The van der Waals surface area contributed by atoms with Gasteiger partial charge in [-0.2, -0.15) is 13.2 Å². The van der Waals surface area contributed by atoms with Gasteiger partial charge in [0.2, 0.25) is 5.43 Å². The van der Waals surface area contributed by atoms with Crippen molar-refractivity contribution in [3.05, 3.63) is 112 Å². The molecule has 0 unspecified atom stereocenters. The molecule has 0 bridgehead atoms. The predicted molar refractivity (Wildman–Crippen MR) is 163 cm³/mol. The number of likely N-dealkylation sites (N-methyl/N-ethyl adjacent to an activating group) is 1. The molecular formula is C32H35F4N5O2. The zero-order chi connectivity index (χ0) is 31.1. The smallest absolute Gasteiger partial charge is 0.394 e. The normalized spacial score (nSPS) is 15.2. The van der Waals surface area contributed by atoms with Gasteiger partial charge in [0.1, 0.15) is 12.4 Å². The Labute approximate surface area is 247 Å². The molecule has 2 heterocycles. The topological polar surface area (TPSA) is 76.1 Å². The number of aromatic nitrogens is 1. The first-order valence-corrected chi connectivity index (χ1v) is 13.9. The lowest BCUT2D eigenvalue weighted by molar-refractivity contribution is -0.137. The number of benzene rings is 2. The van der Waals surface area contributed by atoms with Gasteiger partial charge in [0.05, 0.1) is 22.3 Å². The van der Waals surface area contributed by atoms with Gasteiger partial charge in [-0.15, -0.1) is 0 Å². The minimum absolute atomic E-state index is 0.0158. The largest absolute Gasteiger partial charge is 0.416 e. The fraction of sp³-hybridized carbons (Fsp3) is 0.312. The van der Waals surface area contributed by atoms with Crippen molar-refractivity contribution < 1.29 is 22.4 Å². The van der Waals surface area contributed by atoms with Gasteiger partial charge in [-0.1, -0.05) is 53.7 Å². The van der Waals surface area contributed by atoms with E-state index in [1.807, 2.05) is 43.2 Å². The van der Waals surface area contributed by atoms with E-state index in [0.717, 1.165) is 30.8 Å². The van der Waals surface area contributed by atoms with E-state index in [9.17, 15) is 18.0 Å². The van der Waals surface area contributed by atoms with Crippen LogP contribution < -0.4 is 16.1 Å². The summed E-state index contributed by atoms with van der Waals surface area (Å²) in [5.74, 6) is -0.754. The molecule has 11 heteroatoms. The molecule has 1 aliphatic rings. The summed E-state index contributed by atoms with van der Waals surface area (Å²) in [5.41, 5.74) is 6.97. The highest BCUT2D eigenvalue weighted by Gasteiger charge is 2.30. The van der Waals surface area contributed by atoms with Crippen LogP contribution in [0.5, 0.6) is 0 Å². The monoisotopic (exact) mass is 597 g/mol. The van der Waals surface area contributed by atoms with Crippen molar-refractivity contribution in [3.8, 4) is 0 Å². The third kappa shape index (κ3) is 7.92. The van der Waals surface area contributed by atoms with Gasteiger partial charge >= 0.3 is 6.18 Å². The Kier molecular flexibility index (Phi) is 10.1. The molecule has 1 aromatic heterocycles. The van der Waals surface area contributed by atoms with Crippen molar-refractivity contribution in [1.29, 1.82) is 0 Å². The van der Waals surface area contributed by atoms with Crippen LogP contribution in [0.1, 0.15) is 30.0 Å². The SMILES string of the molecule is C=C(/C=C\C=C/C)CCO/N=C(\N)c1cn(Cc2ccc(C(F)(F)F)cc2)c2cc(N3CCN(C)CC3)c(F)cc2c1=O. The van der Waals surface area contributed by atoms with Gasteiger partial charge in [-0.05, 0) is 43.8 Å². The minimum Gasteiger partial charge on any atom is -0.394 e. The second kappa shape index (κ2) is 13.7. The fourth-order valence-corrected chi connectivity index (χ4v) is 4.73. The van der Waals surface area contributed by atoms with E-state index < -0.39 is 23.0 Å². The zero-order valence-electron chi connectivity index (χ0n) is 24.2. The van der Waals surface area contributed by atoms with Crippen LogP contribution in [-0.4, -0.2) is 55.1 Å². The highest BCUT2D eigenvalue weighted by Crippen LogP contribution is 2.30. The van der Waals surface area contributed by atoms with Crippen molar-refractivity contribution in [2.24, 2.45) is 10.9 Å². The van der Waals surface area contributed by atoms with E-state index in [1.54, 1.807) is 10.6 Å². The van der Waals surface area contributed by atoms with Crippen molar-refractivity contribution >= 4 is 22.4 Å². The summed E-state index contributed by atoms with van der Waals surface area (Å²) in [5, 5.41) is 3.98. The number of rotatable bonds is 10. The van der Waals surface area contributed by atoms with Gasteiger partial charge < -0.3 is 24.9 Å². The second-order valence-corrected chi connectivity index (χ2v) is 10.4. The number of halogens is 4. The average Bonchev–Trinajstić information content (AvgIpc) is 2.97. The number of nitrogens with zero attached hydrogens (tertiary/aromatic N) is 4. The first-order valence-electron chi connectivity index (χ1n) is 13.9. The summed E-state index contributed by atoms with van der Waals surface area (Å²) in [6, 6.07) is 7.54. The summed E-state index contributed by atoms with van der Waals surface area (Å²) in [6.07, 6.45) is 4.93. The molecular weight excluding hydrogens is 562 g/mol. The summed E-state index contributed by atoms with van der Waals surface area (Å²) in [4.78, 5) is 22.9.